The molecule has 3 aromatic rings. The largest absolute Gasteiger partial charge is 0.626 e. The maximum Gasteiger partial charge on any atom is 0.137 e. The zero-order valence-electron chi connectivity index (χ0n) is 15.0. The Morgan fingerprint density at radius 2 is 1.67 bits per heavy atom. The third-order valence-corrected chi connectivity index (χ3v) is 8.38. The summed E-state index contributed by atoms with van der Waals surface area (Å²) in [5.41, 5.74) is 3.19. The average molecular weight is 375 g/mol. The molecule has 0 saturated heterocycles. The average Bonchev–Trinajstić information content (AvgIpc) is 2.68. The van der Waals surface area contributed by atoms with Gasteiger partial charge in [0, 0.05) is 5.92 Å². The lowest BCUT2D eigenvalue weighted by atomic mass is 9.78. The van der Waals surface area contributed by atoms with E-state index >= 15 is 0 Å². The van der Waals surface area contributed by atoms with Crippen molar-refractivity contribution in [2.45, 2.75) is 35.5 Å². The molecular formula is C23H21NO2S. The minimum atomic E-state index is -2.41. The van der Waals surface area contributed by atoms with E-state index in [1.807, 2.05) is 60.7 Å². The number of ether oxygens (including phenoxy) is 1. The second-order valence-electron chi connectivity index (χ2n) is 7.19. The van der Waals surface area contributed by atoms with Gasteiger partial charge in [-0.15, -0.1) is 4.36 Å². The Hall–Kier alpha value is -2.43. The second kappa shape index (κ2) is 6.63. The number of benzene rings is 3. The standard InChI is InChI=1S/C23H21NO2S/c25-27(19-9-5-2-6-10-19)23-14-12-20(23)21-15-18(11-13-22(21)24-27)26-16-17-7-3-1-4-8-17/h1-11,13,15,20,23H,12,14,16H2/t20-,23-,27?/m0/s1. The van der Waals surface area contributed by atoms with Gasteiger partial charge in [-0.3, -0.25) is 0 Å². The van der Waals surface area contributed by atoms with Gasteiger partial charge in [0.25, 0.3) is 0 Å². The predicted octanol–water partition coefficient (Wildman–Crippen LogP) is 5.68. The Bertz CT molecular complexity index is 1020. The van der Waals surface area contributed by atoms with Crippen LogP contribution in [0, 0.1) is 0 Å². The van der Waals surface area contributed by atoms with Crippen LogP contribution in [0.4, 0.5) is 5.69 Å². The van der Waals surface area contributed by atoms with Crippen molar-refractivity contribution in [1.82, 2.24) is 0 Å². The smallest absolute Gasteiger partial charge is 0.137 e. The zero-order valence-corrected chi connectivity index (χ0v) is 15.8. The molecule has 0 bridgehead atoms. The first kappa shape index (κ1) is 16.7. The fraction of sp³-hybridized carbons (Fsp3) is 0.217. The van der Waals surface area contributed by atoms with E-state index in [2.05, 4.69) is 18.2 Å². The third-order valence-electron chi connectivity index (χ3n) is 5.58. The molecule has 0 amide bonds. The molecule has 0 N–H and O–H groups in total. The molecule has 1 saturated carbocycles. The molecule has 136 valence electrons. The van der Waals surface area contributed by atoms with Crippen LogP contribution in [0.2, 0.25) is 0 Å². The molecule has 1 heterocycles. The number of hydrogen-bond acceptors (Lipinski definition) is 3. The van der Waals surface area contributed by atoms with Crippen LogP contribution < -0.4 is 4.74 Å². The number of rotatable bonds is 4. The minimum Gasteiger partial charge on any atom is -0.626 e. The van der Waals surface area contributed by atoms with Crippen molar-refractivity contribution in [3.63, 3.8) is 0 Å². The predicted molar refractivity (Wildman–Crippen MR) is 108 cm³/mol. The highest BCUT2D eigenvalue weighted by molar-refractivity contribution is 8.00. The molecule has 3 nitrogen and oxygen atoms in total. The fourth-order valence-corrected chi connectivity index (χ4v) is 6.79. The quantitative estimate of drug-likeness (QED) is 0.550. The van der Waals surface area contributed by atoms with Crippen molar-refractivity contribution in [2.75, 3.05) is 0 Å². The van der Waals surface area contributed by atoms with Crippen molar-refractivity contribution in [3.05, 3.63) is 90.0 Å². The molecular weight excluding hydrogens is 354 g/mol. The van der Waals surface area contributed by atoms with Crippen LogP contribution in [0.25, 0.3) is 0 Å². The second-order valence-corrected chi connectivity index (χ2v) is 9.59. The highest BCUT2D eigenvalue weighted by Crippen LogP contribution is 2.54. The number of nitrogens with zero attached hydrogens (tertiary/aromatic N) is 1. The van der Waals surface area contributed by atoms with Gasteiger partial charge in [-0.1, -0.05) is 48.5 Å². The van der Waals surface area contributed by atoms with Gasteiger partial charge in [0.1, 0.15) is 28.2 Å². The molecule has 0 spiro atoms. The van der Waals surface area contributed by atoms with Gasteiger partial charge in [0.15, 0.2) is 0 Å². The van der Waals surface area contributed by atoms with E-state index in [-0.39, 0.29) is 5.25 Å². The molecule has 1 aliphatic carbocycles. The van der Waals surface area contributed by atoms with Crippen LogP contribution in [0.5, 0.6) is 5.75 Å². The highest BCUT2D eigenvalue weighted by Gasteiger charge is 2.48. The summed E-state index contributed by atoms with van der Waals surface area (Å²) in [6.45, 7) is 0.547. The zero-order chi connectivity index (χ0) is 18.3. The summed E-state index contributed by atoms with van der Waals surface area (Å²) in [7, 11) is -2.41. The van der Waals surface area contributed by atoms with E-state index in [1.54, 1.807) is 0 Å². The summed E-state index contributed by atoms with van der Waals surface area (Å²) in [6, 6.07) is 25.9. The van der Waals surface area contributed by atoms with E-state index in [1.165, 1.54) is 5.56 Å². The van der Waals surface area contributed by atoms with Gasteiger partial charge in [0.05, 0.1) is 0 Å². The summed E-state index contributed by atoms with van der Waals surface area (Å²) in [4.78, 5) is 0.856. The summed E-state index contributed by atoms with van der Waals surface area (Å²) >= 11 is 0. The van der Waals surface area contributed by atoms with Crippen LogP contribution in [-0.4, -0.2) is 9.80 Å². The fourth-order valence-electron chi connectivity index (χ4n) is 4.01. The molecule has 2 aliphatic rings. The Morgan fingerprint density at radius 1 is 0.926 bits per heavy atom. The molecule has 0 radical (unpaired) electrons. The van der Waals surface area contributed by atoms with Gasteiger partial charge >= 0.3 is 0 Å². The third kappa shape index (κ3) is 2.89. The highest BCUT2D eigenvalue weighted by atomic mass is 32.3. The molecule has 1 fully saturated rings. The molecule has 27 heavy (non-hydrogen) atoms. The van der Waals surface area contributed by atoms with Gasteiger partial charge in [-0.05, 0) is 64.4 Å². The van der Waals surface area contributed by atoms with E-state index in [4.69, 9.17) is 9.10 Å². The van der Waals surface area contributed by atoms with Crippen LogP contribution in [0.15, 0.2) is 88.1 Å². The van der Waals surface area contributed by atoms with Crippen LogP contribution in [0.1, 0.15) is 29.9 Å². The van der Waals surface area contributed by atoms with E-state index < -0.39 is 10.1 Å². The van der Waals surface area contributed by atoms with E-state index in [9.17, 15) is 4.55 Å². The first-order valence-corrected chi connectivity index (χ1v) is 10.9. The van der Waals surface area contributed by atoms with Crippen molar-refractivity contribution in [3.8, 4) is 5.75 Å². The summed E-state index contributed by atoms with van der Waals surface area (Å²) in [6.07, 6.45) is 2.04. The van der Waals surface area contributed by atoms with Crippen molar-refractivity contribution < 1.29 is 9.29 Å². The first-order valence-electron chi connectivity index (χ1n) is 9.36. The van der Waals surface area contributed by atoms with Gasteiger partial charge in [-0.25, -0.2) is 0 Å². The van der Waals surface area contributed by atoms with Crippen LogP contribution >= 0.6 is 0 Å². The maximum atomic E-state index is 13.8. The lowest BCUT2D eigenvalue weighted by molar-refractivity contribution is 0.305. The molecule has 0 aromatic heterocycles. The van der Waals surface area contributed by atoms with Crippen LogP contribution in [0.3, 0.4) is 0 Å². The lowest BCUT2D eigenvalue weighted by Gasteiger charge is -2.45. The van der Waals surface area contributed by atoms with Gasteiger partial charge in [-0.2, -0.15) is 0 Å². The Labute approximate surface area is 160 Å². The van der Waals surface area contributed by atoms with Gasteiger partial charge in [0.2, 0.25) is 0 Å². The SMILES string of the molecule is [O-][S+]1(c2ccccc2)=Nc2ccc(OCc3ccccc3)cc2[C@@H]2CC[C@@H]21. The summed E-state index contributed by atoms with van der Waals surface area (Å²) < 4.78 is 24.5. The normalized spacial score (nSPS) is 25.5. The molecule has 4 heteroatoms. The Balaban J connectivity index is 1.48. The van der Waals surface area contributed by atoms with Crippen molar-refractivity contribution >= 4 is 15.8 Å². The summed E-state index contributed by atoms with van der Waals surface area (Å²) in [5.74, 6) is 1.16. The van der Waals surface area contributed by atoms with Crippen molar-refractivity contribution in [2.24, 2.45) is 4.36 Å². The van der Waals surface area contributed by atoms with E-state index in [0.29, 0.717) is 12.5 Å². The number of fused-ring (bicyclic) bond motifs is 3. The minimum absolute atomic E-state index is 0.108. The van der Waals surface area contributed by atoms with Crippen LogP contribution in [-0.2, 0) is 16.7 Å². The molecule has 3 atom stereocenters. The summed E-state index contributed by atoms with van der Waals surface area (Å²) in [5, 5.41) is 0.108. The first-order chi connectivity index (χ1) is 13.2. The lowest BCUT2D eigenvalue weighted by Crippen LogP contribution is -2.43. The van der Waals surface area contributed by atoms with Crippen molar-refractivity contribution in [1.29, 1.82) is 0 Å². The maximum absolute atomic E-state index is 13.8. The molecule has 1 aliphatic heterocycles. The van der Waals surface area contributed by atoms with E-state index in [0.717, 1.165) is 34.7 Å². The monoisotopic (exact) mass is 375 g/mol. The number of hydrogen-bond donors (Lipinski definition) is 0. The topological polar surface area (TPSA) is 44.7 Å². The molecule has 1 unspecified atom stereocenters. The molecule has 3 aromatic carbocycles. The Morgan fingerprint density at radius 3 is 2.37 bits per heavy atom. The molecule has 5 rings (SSSR count). The Kier molecular flexibility index (Phi) is 4.10. The van der Waals surface area contributed by atoms with Gasteiger partial charge < -0.3 is 9.29 Å².